The van der Waals surface area contributed by atoms with E-state index in [4.69, 9.17) is 5.73 Å². The Hall–Kier alpha value is -1.41. The first-order valence-electron chi connectivity index (χ1n) is 5.93. The summed E-state index contributed by atoms with van der Waals surface area (Å²) in [5.74, 6) is 0.862. The van der Waals surface area contributed by atoms with Crippen LogP contribution in [-0.4, -0.2) is 4.98 Å². The van der Waals surface area contributed by atoms with E-state index in [2.05, 4.69) is 17.1 Å². The maximum atomic E-state index is 6.19. The van der Waals surface area contributed by atoms with Crippen LogP contribution >= 0.6 is 0 Å². The van der Waals surface area contributed by atoms with Gasteiger partial charge in [0.2, 0.25) is 0 Å². The minimum absolute atomic E-state index is 0.157. The SMILES string of the molecule is NC(CC1CC1)c1cnc2ccccc2c1. The first-order valence-corrected chi connectivity index (χ1v) is 5.93. The molecular weight excluding hydrogens is 196 g/mol. The summed E-state index contributed by atoms with van der Waals surface area (Å²) < 4.78 is 0. The van der Waals surface area contributed by atoms with Gasteiger partial charge in [0.15, 0.2) is 0 Å². The summed E-state index contributed by atoms with van der Waals surface area (Å²) in [6.45, 7) is 0. The summed E-state index contributed by atoms with van der Waals surface area (Å²) in [7, 11) is 0. The van der Waals surface area contributed by atoms with Crippen LogP contribution in [0.1, 0.15) is 30.9 Å². The van der Waals surface area contributed by atoms with Gasteiger partial charge in [-0.15, -0.1) is 0 Å². The number of benzene rings is 1. The van der Waals surface area contributed by atoms with Crippen LogP contribution in [0.25, 0.3) is 10.9 Å². The van der Waals surface area contributed by atoms with Crippen LogP contribution in [-0.2, 0) is 0 Å². The molecule has 1 aromatic heterocycles. The lowest BCUT2D eigenvalue weighted by Crippen LogP contribution is -2.11. The van der Waals surface area contributed by atoms with E-state index in [1.165, 1.54) is 23.8 Å². The Labute approximate surface area is 95.5 Å². The molecule has 1 aromatic carbocycles. The minimum Gasteiger partial charge on any atom is -0.324 e. The van der Waals surface area contributed by atoms with Crippen LogP contribution in [0, 0.1) is 5.92 Å². The van der Waals surface area contributed by atoms with E-state index in [-0.39, 0.29) is 6.04 Å². The van der Waals surface area contributed by atoms with Crippen LogP contribution in [0.15, 0.2) is 36.5 Å². The molecule has 16 heavy (non-hydrogen) atoms. The molecule has 2 N–H and O–H groups in total. The average Bonchev–Trinajstić information content (AvgIpc) is 3.12. The molecule has 0 radical (unpaired) electrons. The second-order valence-corrected chi connectivity index (χ2v) is 4.75. The fourth-order valence-electron chi connectivity index (χ4n) is 2.14. The second-order valence-electron chi connectivity index (χ2n) is 4.75. The van der Waals surface area contributed by atoms with Crippen LogP contribution in [0.5, 0.6) is 0 Å². The van der Waals surface area contributed by atoms with Crippen molar-refractivity contribution < 1.29 is 0 Å². The van der Waals surface area contributed by atoms with Gasteiger partial charge in [-0.05, 0) is 30.0 Å². The highest BCUT2D eigenvalue weighted by atomic mass is 14.7. The van der Waals surface area contributed by atoms with E-state index in [0.717, 1.165) is 17.9 Å². The summed E-state index contributed by atoms with van der Waals surface area (Å²) >= 11 is 0. The molecule has 1 aliphatic rings. The molecule has 0 bridgehead atoms. The van der Waals surface area contributed by atoms with Crippen LogP contribution in [0.3, 0.4) is 0 Å². The molecule has 1 atom stereocenters. The summed E-state index contributed by atoms with van der Waals surface area (Å²) in [4.78, 5) is 4.45. The summed E-state index contributed by atoms with van der Waals surface area (Å²) in [5, 5.41) is 1.19. The van der Waals surface area contributed by atoms with Gasteiger partial charge in [-0.1, -0.05) is 31.0 Å². The Morgan fingerprint density at radius 3 is 2.94 bits per heavy atom. The van der Waals surface area contributed by atoms with E-state index in [0.29, 0.717) is 0 Å². The first kappa shape index (κ1) is 9.79. The van der Waals surface area contributed by atoms with Crippen molar-refractivity contribution in [1.29, 1.82) is 0 Å². The van der Waals surface area contributed by atoms with Crippen molar-refractivity contribution in [3.05, 3.63) is 42.1 Å². The number of rotatable bonds is 3. The first-order chi connectivity index (χ1) is 7.83. The Morgan fingerprint density at radius 2 is 2.12 bits per heavy atom. The molecule has 82 valence electrons. The number of para-hydroxylation sites is 1. The topological polar surface area (TPSA) is 38.9 Å². The predicted molar refractivity (Wildman–Crippen MR) is 66.0 cm³/mol. The normalized spacial score (nSPS) is 17.6. The largest absolute Gasteiger partial charge is 0.324 e. The van der Waals surface area contributed by atoms with Gasteiger partial charge in [-0.2, -0.15) is 0 Å². The third-order valence-corrected chi connectivity index (χ3v) is 3.32. The lowest BCUT2D eigenvalue weighted by atomic mass is 10.0. The van der Waals surface area contributed by atoms with Crippen LogP contribution in [0.2, 0.25) is 0 Å². The summed E-state index contributed by atoms with van der Waals surface area (Å²) in [6, 6.07) is 10.5. The Kier molecular flexibility index (Phi) is 2.37. The van der Waals surface area contributed by atoms with Crippen molar-refractivity contribution in [3.8, 4) is 0 Å². The molecule has 0 amide bonds. The molecule has 0 saturated heterocycles. The van der Waals surface area contributed by atoms with E-state index < -0.39 is 0 Å². The average molecular weight is 212 g/mol. The van der Waals surface area contributed by atoms with Gasteiger partial charge in [-0.25, -0.2) is 0 Å². The van der Waals surface area contributed by atoms with Crippen LogP contribution < -0.4 is 5.73 Å². The maximum absolute atomic E-state index is 6.19. The lowest BCUT2D eigenvalue weighted by Gasteiger charge is -2.11. The molecule has 3 rings (SSSR count). The number of pyridine rings is 1. The zero-order valence-corrected chi connectivity index (χ0v) is 9.26. The summed E-state index contributed by atoms with van der Waals surface area (Å²) in [6.07, 6.45) is 5.75. The Bertz CT molecular complexity index is 503. The summed E-state index contributed by atoms with van der Waals surface area (Å²) in [5.41, 5.74) is 8.40. The third kappa shape index (κ3) is 1.93. The van der Waals surface area contributed by atoms with Crippen molar-refractivity contribution >= 4 is 10.9 Å². The number of hydrogen-bond acceptors (Lipinski definition) is 2. The van der Waals surface area contributed by atoms with Crippen LogP contribution in [0.4, 0.5) is 0 Å². The zero-order valence-electron chi connectivity index (χ0n) is 9.26. The molecule has 1 saturated carbocycles. The van der Waals surface area contributed by atoms with Gasteiger partial charge in [0.25, 0.3) is 0 Å². The number of hydrogen-bond donors (Lipinski definition) is 1. The number of aromatic nitrogens is 1. The fraction of sp³-hybridized carbons (Fsp3) is 0.357. The van der Waals surface area contributed by atoms with E-state index >= 15 is 0 Å². The molecule has 1 fully saturated rings. The van der Waals surface area contributed by atoms with E-state index in [1.807, 2.05) is 24.4 Å². The van der Waals surface area contributed by atoms with Gasteiger partial charge >= 0.3 is 0 Å². The van der Waals surface area contributed by atoms with Gasteiger partial charge in [-0.3, -0.25) is 4.98 Å². The highest BCUT2D eigenvalue weighted by Gasteiger charge is 2.24. The maximum Gasteiger partial charge on any atom is 0.0702 e. The van der Waals surface area contributed by atoms with E-state index in [9.17, 15) is 0 Å². The van der Waals surface area contributed by atoms with Crippen molar-refractivity contribution in [2.75, 3.05) is 0 Å². The lowest BCUT2D eigenvalue weighted by molar-refractivity contribution is 0.596. The molecule has 2 nitrogen and oxygen atoms in total. The monoisotopic (exact) mass is 212 g/mol. The predicted octanol–water partition coefficient (Wildman–Crippen LogP) is 3.03. The minimum atomic E-state index is 0.157. The number of fused-ring (bicyclic) bond motifs is 1. The number of nitrogens with zero attached hydrogens (tertiary/aromatic N) is 1. The zero-order chi connectivity index (χ0) is 11.0. The Balaban J connectivity index is 1.91. The van der Waals surface area contributed by atoms with Crippen molar-refractivity contribution in [1.82, 2.24) is 4.98 Å². The van der Waals surface area contributed by atoms with Gasteiger partial charge in [0.05, 0.1) is 5.52 Å². The Morgan fingerprint density at radius 1 is 1.31 bits per heavy atom. The van der Waals surface area contributed by atoms with Gasteiger partial charge in [0, 0.05) is 17.6 Å². The quantitative estimate of drug-likeness (QED) is 0.849. The molecule has 1 heterocycles. The molecule has 0 spiro atoms. The van der Waals surface area contributed by atoms with Crippen molar-refractivity contribution in [2.24, 2.45) is 11.7 Å². The smallest absolute Gasteiger partial charge is 0.0702 e. The molecule has 2 aromatic rings. The standard InChI is InChI=1S/C14H16N2/c15-13(7-10-5-6-10)12-8-11-3-1-2-4-14(11)16-9-12/h1-4,8-10,13H,5-7,15H2. The third-order valence-electron chi connectivity index (χ3n) is 3.32. The molecule has 1 unspecified atom stereocenters. The highest BCUT2D eigenvalue weighted by Crippen LogP contribution is 2.36. The second kappa shape index (κ2) is 3.87. The van der Waals surface area contributed by atoms with E-state index in [1.54, 1.807) is 0 Å². The molecule has 0 aliphatic heterocycles. The van der Waals surface area contributed by atoms with Gasteiger partial charge in [0.1, 0.15) is 0 Å². The van der Waals surface area contributed by atoms with Gasteiger partial charge < -0.3 is 5.73 Å². The van der Waals surface area contributed by atoms with Crippen molar-refractivity contribution in [3.63, 3.8) is 0 Å². The fourth-order valence-corrected chi connectivity index (χ4v) is 2.14. The highest BCUT2D eigenvalue weighted by molar-refractivity contribution is 5.78. The number of nitrogens with two attached hydrogens (primary N) is 1. The molecule has 1 aliphatic carbocycles. The molecular formula is C14H16N2. The van der Waals surface area contributed by atoms with Crippen molar-refractivity contribution in [2.45, 2.75) is 25.3 Å². The molecule has 2 heteroatoms.